The first kappa shape index (κ1) is 25.2. The summed E-state index contributed by atoms with van der Waals surface area (Å²) in [6.07, 6.45) is 6.83. The van der Waals surface area contributed by atoms with Crippen molar-refractivity contribution in [2.24, 2.45) is 0 Å². The minimum Gasteiger partial charge on any atom is -0.457 e. The highest BCUT2D eigenvalue weighted by molar-refractivity contribution is 5.96. The molecule has 0 saturated heterocycles. The van der Waals surface area contributed by atoms with Gasteiger partial charge in [-0.2, -0.15) is 0 Å². The summed E-state index contributed by atoms with van der Waals surface area (Å²) in [6.45, 7) is 4.60. The Kier molecular flexibility index (Phi) is 4.89. The summed E-state index contributed by atoms with van der Waals surface area (Å²) < 4.78 is 6.55. The molecule has 0 amide bonds. The molecule has 1 heteroatoms. The maximum absolute atomic E-state index is 6.55. The van der Waals surface area contributed by atoms with E-state index in [1.54, 1.807) is 0 Å². The van der Waals surface area contributed by atoms with Gasteiger partial charge in [0.1, 0.15) is 11.5 Å². The van der Waals surface area contributed by atoms with E-state index in [1.165, 1.54) is 77.9 Å². The van der Waals surface area contributed by atoms with E-state index in [0.29, 0.717) is 0 Å². The van der Waals surface area contributed by atoms with Crippen molar-refractivity contribution in [1.29, 1.82) is 0 Å². The third-order valence-corrected chi connectivity index (χ3v) is 11.0. The number of ether oxygens (including phenoxy) is 1. The van der Waals surface area contributed by atoms with Gasteiger partial charge in [0, 0.05) is 16.5 Å². The lowest BCUT2D eigenvalue weighted by molar-refractivity contribution is 0.418. The van der Waals surface area contributed by atoms with Crippen molar-refractivity contribution in [3.8, 4) is 44.9 Å². The van der Waals surface area contributed by atoms with Crippen LogP contribution < -0.4 is 4.74 Å². The summed E-state index contributed by atoms with van der Waals surface area (Å²) in [5.74, 6) is 1.90. The van der Waals surface area contributed by atoms with Gasteiger partial charge in [-0.05, 0) is 104 Å². The van der Waals surface area contributed by atoms with Crippen LogP contribution in [0.3, 0.4) is 0 Å². The maximum Gasteiger partial charge on any atom is 0.132 e. The van der Waals surface area contributed by atoms with Crippen molar-refractivity contribution in [3.63, 3.8) is 0 Å². The van der Waals surface area contributed by atoms with Crippen molar-refractivity contribution in [3.05, 3.63) is 172 Å². The minimum absolute atomic E-state index is 0.127. The molecular formula is C44H32O. The Bertz CT molecular complexity index is 2280. The molecule has 45 heavy (non-hydrogen) atoms. The fraction of sp³-hybridized carbons (Fsp3) is 0.136. The van der Waals surface area contributed by atoms with Gasteiger partial charge in [0.25, 0.3) is 0 Å². The van der Waals surface area contributed by atoms with Crippen LogP contribution in [0.5, 0.6) is 11.5 Å². The third kappa shape index (κ3) is 3.18. The van der Waals surface area contributed by atoms with E-state index in [9.17, 15) is 0 Å². The van der Waals surface area contributed by atoms with Gasteiger partial charge in [-0.25, -0.2) is 0 Å². The van der Waals surface area contributed by atoms with E-state index in [-0.39, 0.29) is 10.8 Å². The van der Waals surface area contributed by atoms with E-state index in [0.717, 1.165) is 24.3 Å². The highest BCUT2D eigenvalue weighted by Crippen LogP contribution is 2.63. The fourth-order valence-electron chi connectivity index (χ4n) is 8.88. The lowest BCUT2D eigenvalue weighted by Gasteiger charge is -2.34. The molecular weight excluding hydrogens is 544 g/mol. The second-order valence-electron chi connectivity index (χ2n) is 13.6. The van der Waals surface area contributed by atoms with Crippen LogP contribution in [0.2, 0.25) is 0 Å². The summed E-state index contributed by atoms with van der Waals surface area (Å²) in [6, 6.07) is 45.6. The normalized spacial score (nSPS) is 18.6. The van der Waals surface area contributed by atoms with Crippen LogP contribution in [0.15, 0.2) is 127 Å². The molecule has 1 aliphatic heterocycles. The van der Waals surface area contributed by atoms with E-state index < -0.39 is 0 Å². The highest BCUT2D eigenvalue weighted by atomic mass is 16.5. The van der Waals surface area contributed by atoms with Crippen molar-refractivity contribution in [1.82, 2.24) is 0 Å². The summed E-state index contributed by atoms with van der Waals surface area (Å²) in [5, 5.41) is 0. The number of fused-ring (bicyclic) bond motifs is 13. The quantitative estimate of drug-likeness (QED) is 0.189. The summed E-state index contributed by atoms with van der Waals surface area (Å²) >= 11 is 0. The van der Waals surface area contributed by atoms with Crippen molar-refractivity contribution < 1.29 is 4.74 Å². The predicted molar refractivity (Wildman–Crippen MR) is 184 cm³/mol. The van der Waals surface area contributed by atoms with Crippen LogP contribution in [0.4, 0.5) is 0 Å². The molecule has 214 valence electrons. The Balaban J connectivity index is 1.22. The Hall–Kier alpha value is -5.14. The van der Waals surface area contributed by atoms with Gasteiger partial charge in [-0.1, -0.05) is 123 Å². The molecule has 0 radical (unpaired) electrons. The molecule has 0 saturated carbocycles. The summed E-state index contributed by atoms with van der Waals surface area (Å²) in [5.41, 5.74) is 18.2. The van der Waals surface area contributed by atoms with Crippen LogP contribution in [0, 0.1) is 0 Å². The lowest BCUT2D eigenvalue weighted by atomic mass is 9.69. The fourth-order valence-corrected chi connectivity index (χ4v) is 8.88. The monoisotopic (exact) mass is 576 g/mol. The Morgan fingerprint density at radius 3 is 1.96 bits per heavy atom. The van der Waals surface area contributed by atoms with E-state index in [1.807, 2.05) is 0 Å². The van der Waals surface area contributed by atoms with Gasteiger partial charge >= 0.3 is 0 Å². The summed E-state index contributed by atoms with van der Waals surface area (Å²) in [7, 11) is 0. The largest absolute Gasteiger partial charge is 0.457 e. The smallest absolute Gasteiger partial charge is 0.132 e. The molecule has 1 spiro atoms. The molecule has 1 atom stereocenters. The number of para-hydroxylation sites is 1. The average Bonchev–Trinajstić information content (AvgIpc) is 3.53. The predicted octanol–water partition coefficient (Wildman–Crippen LogP) is 11.1. The first-order valence-electron chi connectivity index (χ1n) is 16.2. The zero-order chi connectivity index (χ0) is 29.9. The number of hydrogen-bond donors (Lipinski definition) is 0. The van der Waals surface area contributed by atoms with Gasteiger partial charge in [-0.15, -0.1) is 0 Å². The first-order valence-corrected chi connectivity index (χ1v) is 16.2. The third-order valence-electron chi connectivity index (χ3n) is 11.0. The number of aryl methyl sites for hydroxylation is 1. The highest BCUT2D eigenvalue weighted by Gasteiger charge is 2.52. The number of hydrogen-bond acceptors (Lipinski definition) is 1. The van der Waals surface area contributed by atoms with Gasteiger partial charge < -0.3 is 4.74 Å². The van der Waals surface area contributed by atoms with Gasteiger partial charge in [-0.3, -0.25) is 0 Å². The van der Waals surface area contributed by atoms with E-state index >= 15 is 0 Å². The molecule has 0 aromatic heterocycles. The van der Waals surface area contributed by atoms with E-state index in [4.69, 9.17) is 4.74 Å². The molecule has 0 fully saturated rings. The van der Waals surface area contributed by atoms with Gasteiger partial charge in [0.15, 0.2) is 0 Å². The van der Waals surface area contributed by atoms with Crippen LogP contribution in [0.1, 0.15) is 64.8 Å². The molecule has 1 nitrogen and oxygen atoms in total. The maximum atomic E-state index is 6.55. The second-order valence-corrected chi connectivity index (χ2v) is 13.6. The van der Waals surface area contributed by atoms with Crippen LogP contribution in [-0.2, 0) is 17.3 Å². The SMILES string of the molecule is CC1(C)c2ccccc2Oc2cc(-c3ccc4c(c3)C3(c5ccccc5-4)c4ccccc4-c4cc5c(cc43)CCC=C5)ccc21. The minimum atomic E-state index is -0.351. The van der Waals surface area contributed by atoms with Crippen LogP contribution >= 0.6 is 0 Å². The lowest BCUT2D eigenvalue weighted by Crippen LogP contribution is -2.26. The van der Waals surface area contributed by atoms with Crippen LogP contribution in [-0.4, -0.2) is 0 Å². The molecule has 3 aliphatic carbocycles. The molecule has 0 bridgehead atoms. The number of rotatable bonds is 1. The molecule has 6 aromatic rings. The average molecular weight is 577 g/mol. The Morgan fingerprint density at radius 1 is 0.511 bits per heavy atom. The Labute approximate surface area is 264 Å². The molecule has 1 heterocycles. The zero-order valence-corrected chi connectivity index (χ0v) is 25.5. The van der Waals surface area contributed by atoms with Gasteiger partial charge in [0.05, 0.1) is 5.41 Å². The number of benzene rings is 6. The molecule has 10 rings (SSSR count). The van der Waals surface area contributed by atoms with Gasteiger partial charge in [0.2, 0.25) is 0 Å². The van der Waals surface area contributed by atoms with Crippen molar-refractivity contribution in [2.75, 3.05) is 0 Å². The van der Waals surface area contributed by atoms with E-state index in [2.05, 4.69) is 147 Å². The van der Waals surface area contributed by atoms with Crippen molar-refractivity contribution in [2.45, 2.75) is 37.5 Å². The first-order chi connectivity index (χ1) is 22.0. The second kappa shape index (κ2) is 8.73. The van der Waals surface area contributed by atoms with Crippen molar-refractivity contribution >= 4 is 6.08 Å². The number of allylic oxidation sites excluding steroid dienone is 1. The molecule has 0 N–H and O–H groups in total. The Morgan fingerprint density at radius 2 is 1.13 bits per heavy atom. The molecule has 4 aliphatic rings. The molecule has 6 aromatic carbocycles. The molecule has 1 unspecified atom stereocenters. The topological polar surface area (TPSA) is 9.23 Å². The zero-order valence-electron chi connectivity index (χ0n) is 25.5. The van der Waals surface area contributed by atoms with Crippen LogP contribution in [0.25, 0.3) is 39.5 Å². The summed E-state index contributed by atoms with van der Waals surface area (Å²) in [4.78, 5) is 0. The standard InChI is InChI=1S/C44H32O/c1-43(2)37-17-9-10-18-41(37)45-42-26-30(20-22-38(42)43)29-19-21-33-31-13-5-7-15-35(31)44(39(33)25-29)36-16-8-6-14-32(36)34-23-27-11-3-4-12-28(27)24-40(34)44/h3,5-11,13-26H,4,12H2,1-2H3.